The van der Waals surface area contributed by atoms with E-state index < -0.39 is 23.2 Å². The minimum atomic E-state index is -0.749. The molecule has 238 valence electrons. The van der Waals surface area contributed by atoms with Crippen LogP contribution in [-0.2, 0) is 14.9 Å². The highest BCUT2D eigenvalue weighted by Gasteiger charge is 2.38. The summed E-state index contributed by atoms with van der Waals surface area (Å²) in [5.74, 6) is -0.751. The number of aromatic nitrogens is 2. The maximum absolute atomic E-state index is 15.7. The maximum Gasteiger partial charge on any atom is 0.409 e. The summed E-state index contributed by atoms with van der Waals surface area (Å²) >= 11 is 2.29. The Hall–Kier alpha value is -4.07. The van der Waals surface area contributed by atoms with Crippen molar-refractivity contribution < 1.29 is 23.5 Å². The molecule has 0 bridgehead atoms. The van der Waals surface area contributed by atoms with Crippen LogP contribution in [0.5, 0.6) is 0 Å². The standard InChI is InChI=1S/C32H37FN6O4S2/c1-22-9-13-35-26(19-22)38-23(2)44-27(20-34)45-25-10-14-36-29(28(25)33)30(40)37-21-32(24-7-5-4-6-8-24)11-15-39(16-12-32)31(41)43-18-17-42-3/h4-10,13-14,19-20H,2,11-12,15-18,21,34H2,1,3H3,(H,35,38)(H,37,40)/b27-20+. The van der Waals surface area contributed by atoms with Gasteiger partial charge in [0.15, 0.2) is 11.5 Å². The van der Waals surface area contributed by atoms with Gasteiger partial charge in [-0.1, -0.05) is 60.4 Å². The number of rotatable bonds is 13. The molecule has 1 aromatic carbocycles. The van der Waals surface area contributed by atoms with Gasteiger partial charge in [-0.15, -0.1) is 0 Å². The number of thioether (sulfide) groups is 2. The SMILES string of the molecule is C=C(Nc1cc(C)ccn1)S/C(=C\N)Sc1ccnc(C(=O)NCC2(c3ccccc3)CCN(C(=O)OCCOC)CC2)c1F. The molecule has 13 heteroatoms. The average molecular weight is 653 g/mol. The summed E-state index contributed by atoms with van der Waals surface area (Å²) in [4.78, 5) is 36.0. The summed E-state index contributed by atoms with van der Waals surface area (Å²) < 4.78 is 26.4. The van der Waals surface area contributed by atoms with Crippen molar-refractivity contribution in [2.45, 2.75) is 30.1 Å². The molecule has 4 rings (SSSR count). The second-order valence-electron chi connectivity index (χ2n) is 10.4. The fourth-order valence-electron chi connectivity index (χ4n) is 4.87. The number of hydrogen-bond acceptors (Lipinski definition) is 10. The van der Waals surface area contributed by atoms with Gasteiger partial charge < -0.3 is 30.7 Å². The summed E-state index contributed by atoms with van der Waals surface area (Å²) in [5, 5.41) is 6.57. The molecule has 0 aliphatic carbocycles. The Morgan fingerprint density at radius 1 is 1.13 bits per heavy atom. The number of halogens is 1. The first-order chi connectivity index (χ1) is 21.7. The smallest absolute Gasteiger partial charge is 0.409 e. The van der Waals surface area contributed by atoms with Crippen LogP contribution in [0, 0.1) is 12.7 Å². The molecule has 3 aromatic rings. The van der Waals surface area contributed by atoms with E-state index in [0.717, 1.165) is 22.9 Å². The van der Waals surface area contributed by atoms with E-state index in [-0.39, 0.29) is 23.7 Å². The predicted octanol–water partition coefficient (Wildman–Crippen LogP) is 5.64. The number of methoxy groups -OCH3 is 1. The number of ether oxygens (including phenoxy) is 2. The van der Waals surface area contributed by atoms with Crippen LogP contribution < -0.4 is 16.4 Å². The number of carbonyl (C=O) groups excluding carboxylic acids is 2. The monoisotopic (exact) mass is 652 g/mol. The molecular weight excluding hydrogens is 616 g/mol. The van der Waals surface area contributed by atoms with Crippen LogP contribution in [0.15, 0.2) is 87.9 Å². The molecule has 3 heterocycles. The molecule has 1 saturated heterocycles. The number of piperidine rings is 1. The lowest BCUT2D eigenvalue weighted by Crippen LogP contribution is -2.50. The van der Waals surface area contributed by atoms with Crippen LogP contribution in [0.1, 0.15) is 34.5 Å². The number of nitrogens with one attached hydrogen (secondary N) is 2. The van der Waals surface area contributed by atoms with Crippen molar-refractivity contribution in [2.24, 2.45) is 5.73 Å². The third-order valence-corrected chi connectivity index (χ3v) is 9.35. The zero-order valence-corrected chi connectivity index (χ0v) is 26.9. The Morgan fingerprint density at radius 2 is 1.87 bits per heavy atom. The highest BCUT2D eigenvalue weighted by molar-refractivity contribution is 8.24. The Bertz CT molecular complexity index is 1520. The normalized spacial score (nSPS) is 14.5. The fraction of sp³-hybridized carbons (Fsp3) is 0.312. The molecule has 0 radical (unpaired) electrons. The van der Waals surface area contributed by atoms with Gasteiger partial charge in [-0.3, -0.25) is 4.79 Å². The van der Waals surface area contributed by atoms with E-state index in [1.54, 1.807) is 18.2 Å². The topological polar surface area (TPSA) is 132 Å². The number of nitrogens with two attached hydrogens (primary N) is 1. The summed E-state index contributed by atoms with van der Waals surface area (Å²) in [7, 11) is 1.54. The van der Waals surface area contributed by atoms with E-state index in [2.05, 4.69) is 27.2 Å². The van der Waals surface area contributed by atoms with E-state index in [9.17, 15) is 9.59 Å². The largest absolute Gasteiger partial charge is 0.447 e. The van der Waals surface area contributed by atoms with Gasteiger partial charge in [-0.2, -0.15) is 0 Å². The van der Waals surface area contributed by atoms with Gasteiger partial charge in [0, 0.05) is 50.8 Å². The van der Waals surface area contributed by atoms with Gasteiger partial charge in [-0.05, 0) is 49.1 Å². The first-order valence-electron chi connectivity index (χ1n) is 14.3. The summed E-state index contributed by atoms with van der Waals surface area (Å²) in [5.41, 5.74) is 7.14. The summed E-state index contributed by atoms with van der Waals surface area (Å²) in [6, 6.07) is 15.1. The van der Waals surface area contributed by atoms with Crippen LogP contribution in [-0.4, -0.2) is 66.8 Å². The van der Waals surface area contributed by atoms with E-state index in [0.29, 0.717) is 47.6 Å². The first-order valence-corrected chi connectivity index (χ1v) is 15.9. The van der Waals surface area contributed by atoms with Crippen molar-refractivity contribution in [3.05, 3.63) is 106 Å². The molecular formula is C32H37FN6O4S2. The molecule has 10 nitrogen and oxygen atoms in total. The predicted molar refractivity (Wildman–Crippen MR) is 176 cm³/mol. The lowest BCUT2D eigenvalue weighted by atomic mass is 9.72. The number of likely N-dealkylation sites (tertiary alicyclic amines) is 1. The Morgan fingerprint density at radius 3 is 2.56 bits per heavy atom. The zero-order valence-electron chi connectivity index (χ0n) is 25.3. The molecule has 45 heavy (non-hydrogen) atoms. The molecule has 0 unspecified atom stereocenters. The number of anilines is 1. The van der Waals surface area contributed by atoms with Gasteiger partial charge in [-0.25, -0.2) is 19.2 Å². The van der Waals surface area contributed by atoms with Crippen molar-refractivity contribution in [3.63, 3.8) is 0 Å². The second kappa shape index (κ2) is 16.3. The number of hydrogen-bond donors (Lipinski definition) is 3. The quantitative estimate of drug-likeness (QED) is 0.158. The minimum Gasteiger partial charge on any atom is -0.447 e. The lowest BCUT2D eigenvalue weighted by Gasteiger charge is -2.42. The number of nitrogens with zero attached hydrogens (tertiary/aromatic N) is 3. The van der Waals surface area contributed by atoms with Gasteiger partial charge in [0.1, 0.15) is 12.4 Å². The minimum absolute atomic E-state index is 0.180. The number of aryl methyl sites for hydroxylation is 1. The van der Waals surface area contributed by atoms with E-state index in [4.69, 9.17) is 15.2 Å². The van der Waals surface area contributed by atoms with Gasteiger partial charge in [0.25, 0.3) is 5.91 Å². The third-order valence-electron chi connectivity index (χ3n) is 7.29. The lowest BCUT2D eigenvalue weighted by molar-refractivity contribution is 0.0588. The molecule has 4 N–H and O–H groups in total. The third kappa shape index (κ3) is 9.22. The van der Waals surface area contributed by atoms with Crippen LogP contribution in [0.4, 0.5) is 15.0 Å². The van der Waals surface area contributed by atoms with Gasteiger partial charge in [0.2, 0.25) is 0 Å². The molecule has 2 aromatic heterocycles. The van der Waals surface area contributed by atoms with E-state index in [1.165, 1.54) is 30.2 Å². The summed E-state index contributed by atoms with van der Waals surface area (Å²) in [6.45, 7) is 7.60. The summed E-state index contributed by atoms with van der Waals surface area (Å²) in [6.07, 6.45) is 5.21. The Labute approximate surface area is 271 Å². The highest BCUT2D eigenvalue weighted by Crippen LogP contribution is 2.39. The number of amides is 2. The number of benzene rings is 1. The highest BCUT2D eigenvalue weighted by atomic mass is 32.2. The number of pyridine rings is 2. The molecule has 2 amide bonds. The maximum atomic E-state index is 15.7. The zero-order chi connectivity index (χ0) is 32.2. The first kappa shape index (κ1) is 33.8. The van der Waals surface area contributed by atoms with Crippen molar-refractivity contribution >= 4 is 41.3 Å². The molecule has 1 fully saturated rings. The fourth-order valence-corrected chi connectivity index (χ4v) is 6.67. The van der Waals surface area contributed by atoms with E-state index in [1.807, 2.05) is 49.4 Å². The molecule has 0 atom stereocenters. The Balaban J connectivity index is 1.41. The molecule has 1 aliphatic heterocycles. The van der Waals surface area contributed by atoms with Crippen LogP contribution in [0.3, 0.4) is 0 Å². The van der Waals surface area contributed by atoms with Gasteiger partial charge in [0.05, 0.1) is 20.8 Å². The molecule has 0 saturated carbocycles. The molecule has 1 aliphatic rings. The average Bonchev–Trinajstić information content (AvgIpc) is 3.05. The second-order valence-corrected chi connectivity index (χ2v) is 12.8. The van der Waals surface area contributed by atoms with Crippen molar-refractivity contribution in [2.75, 3.05) is 45.3 Å². The number of carbonyl (C=O) groups is 2. The van der Waals surface area contributed by atoms with Crippen molar-refractivity contribution in [1.29, 1.82) is 0 Å². The van der Waals surface area contributed by atoms with E-state index >= 15 is 4.39 Å². The van der Waals surface area contributed by atoms with Crippen LogP contribution >= 0.6 is 23.5 Å². The van der Waals surface area contributed by atoms with Crippen LogP contribution in [0.2, 0.25) is 0 Å². The molecule has 0 spiro atoms. The van der Waals surface area contributed by atoms with Crippen LogP contribution in [0.25, 0.3) is 0 Å². The Kier molecular flexibility index (Phi) is 12.2. The van der Waals surface area contributed by atoms with Crippen molar-refractivity contribution in [1.82, 2.24) is 20.2 Å². The van der Waals surface area contributed by atoms with Crippen molar-refractivity contribution in [3.8, 4) is 0 Å². The van der Waals surface area contributed by atoms with Gasteiger partial charge >= 0.3 is 6.09 Å².